The van der Waals surface area contributed by atoms with E-state index in [0.29, 0.717) is 12.4 Å². The van der Waals surface area contributed by atoms with E-state index in [2.05, 4.69) is 5.32 Å². The first-order valence-electron chi connectivity index (χ1n) is 6.43. The van der Waals surface area contributed by atoms with Crippen LogP contribution < -0.4 is 10.1 Å². The van der Waals surface area contributed by atoms with Gasteiger partial charge in [0.25, 0.3) is 0 Å². The zero-order valence-electron chi connectivity index (χ0n) is 11.1. The predicted octanol–water partition coefficient (Wildman–Crippen LogP) is 2.87. The molecule has 0 spiro atoms. The second-order valence-corrected chi connectivity index (χ2v) is 4.46. The molecule has 0 atom stereocenters. The van der Waals surface area contributed by atoms with Crippen molar-refractivity contribution >= 4 is 0 Å². The fourth-order valence-electron chi connectivity index (χ4n) is 1.85. The number of phenols is 1. The molecule has 100 valence electrons. The predicted molar refractivity (Wildman–Crippen MR) is 76.5 cm³/mol. The maximum atomic E-state index is 9.34. The third-order valence-corrected chi connectivity index (χ3v) is 2.87. The monoisotopic (exact) mass is 257 g/mol. The lowest BCUT2D eigenvalue weighted by Crippen LogP contribution is -2.20. The lowest BCUT2D eigenvalue weighted by Gasteiger charge is -2.09. The van der Waals surface area contributed by atoms with Crippen molar-refractivity contribution in [2.45, 2.75) is 13.5 Å². The Morgan fingerprint density at radius 3 is 2.74 bits per heavy atom. The van der Waals surface area contributed by atoms with E-state index in [0.717, 1.165) is 30.0 Å². The van der Waals surface area contributed by atoms with E-state index in [9.17, 15) is 5.11 Å². The Bertz CT molecular complexity index is 526. The van der Waals surface area contributed by atoms with E-state index >= 15 is 0 Å². The molecule has 0 fully saturated rings. The van der Waals surface area contributed by atoms with Gasteiger partial charge < -0.3 is 15.2 Å². The number of aromatic hydroxyl groups is 1. The Balaban J connectivity index is 1.69. The maximum Gasteiger partial charge on any atom is 0.122 e. The SMILES string of the molecule is Cc1ccccc1OCCNCc1cccc(O)c1. The van der Waals surface area contributed by atoms with Gasteiger partial charge in [0.1, 0.15) is 18.1 Å². The zero-order chi connectivity index (χ0) is 13.5. The summed E-state index contributed by atoms with van der Waals surface area (Å²) in [6.45, 7) is 4.16. The summed E-state index contributed by atoms with van der Waals surface area (Å²) < 4.78 is 5.69. The number of ether oxygens (including phenoxy) is 1. The number of para-hydroxylation sites is 1. The van der Waals surface area contributed by atoms with Gasteiger partial charge >= 0.3 is 0 Å². The molecule has 0 unspecified atom stereocenters. The minimum Gasteiger partial charge on any atom is -0.508 e. The highest BCUT2D eigenvalue weighted by molar-refractivity contribution is 5.31. The van der Waals surface area contributed by atoms with Crippen LogP contribution in [0.15, 0.2) is 48.5 Å². The zero-order valence-corrected chi connectivity index (χ0v) is 11.1. The minimum absolute atomic E-state index is 0.301. The molecule has 0 aromatic heterocycles. The summed E-state index contributed by atoms with van der Waals surface area (Å²) in [5, 5.41) is 12.6. The largest absolute Gasteiger partial charge is 0.508 e. The molecule has 0 saturated carbocycles. The molecule has 0 radical (unpaired) electrons. The number of aryl methyl sites for hydroxylation is 1. The van der Waals surface area contributed by atoms with Crippen LogP contribution in [0.4, 0.5) is 0 Å². The van der Waals surface area contributed by atoms with Gasteiger partial charge in [0.05, 0.1) is 0 Å². The van der Waals surface area contributed by atoms with Crippen molar-refractivity contribution in [3.05, 3.63) is 59.7 Å². The second-order valence-electron chi connectivity index (χ2n) is 4.46. The quantitative estimate of drug-likeness (QED) is 0.782. The molecule has 2 aromatic rings. The summed E-state index contributed by atoms with van der Waals surface area (Å²) in [5.41, 5.74) is 2.21. The highest BCUT2D eigenvalue weighted by atomic mass is 16.5. The molecule has 0 aliphatic carbocycles. The van der Waals surface area contributed by atoms with Gasteiger partial charge in [-0.3, -0.25) is 0 Å². The van der Waals surface area contributed by atoms with Crippen molar-refractivity contribution in [1.82, 2.24) is 5.32 Å². The molecule has 0 aliphatic rings. The van der Waals surface area contributed by atoms with Crippen LogP contribution >= 0.6 is 0 Å². The van der Waals surface area contributed by atoms with Gasteiger partial charge in [-0.05, 0) is 36.2 Å². The van der Waals surface area contributed by atoms with E-state index in [-0.39, 0.29) is 0 Å². The summed E-state index contributed by atoms with van der Waals surface area (Å²) in [6.07, 6.45) is 0. The van der Waals surface area contributed by atoms with Gasteiger partial charge in [-0.1, -0.05) is 30.3 Å². The van der Waals surface area contributed by atoms with Crippen LogP contribution in [0.25, 0.3) is 0 Å². The molecule has 0 heterocycles. The number of rotatable bonds is 6. The van der Waals surface area contributed by atoms with Gasteiger partial charge in [0, 0.05) is 13.1 Å². The van der Waals surface area contributed by atoms with Crippen molar-refractivity contribution < 1.29 is 9.84 Å². The molecule has 19 heavy (non-hydrogen) atoms. The minimum atomic E-state index is 0.301. The Kier molecular flexibility index (Phi) is 4.81. The van der Waals surface area contributed by atoms with Gasteiger partial charge in [-0.15, -0.1) is 0 Å². The van der Waals surface area contributed by atoms with E-state index in [1.54, 1.807) is 12.1 Å². The number of nitrogens with one attached hydrogen (secondary N) is 1. The molecule has 0 saturated heterocycles. The van der Waals surface area contributed by atoms with E-state index in [1.807, 2.05) is 43.3 Å². The van der Waals surface area contributed by atoms with Crippen LogP contribution in [-0.2, 0) is 6.54 Å². The Hall–Kier alpha value is -2.00. The third kappa shape index (κ3) is 4.30. The molecule has 0 bridgehead atoms. The molecule has 2 aromatic carbocycles. The smallest absolute Gasteiger partial charge is 0.122 e. The third-order valence-electron chi connectivity index (χ3n) is 2.87. The molecular formula is C16H19NO2. The van der Waals surface area contributed by atoms with E-state index in [1.165, 1.54) is 0 Å². The highest BCUT2D eigenvalue weighted by Crippen LogP contribution is 2.15. The van der Waals surface area contributed by atoms with Crippen molar-refractivity contribution in [3.8, 4) is 11.5 Å². The van der Waals surface area contributed by atoms with Crippen molar-refractivity contribution in [2.75, 3.05) is 13.2 Å². The first-order valence-corrected chi connectivity index (χ1v) is 6.43. The molecule has 3 heteroatoms. The second kappa shape index (κ2) is 6.81. The lowest BCUT2D eigenvalue weighted by molar-refractivity contribution is 0.311. The summed E-state index contributed by atoms with van der Waals surface area (Å²) in [4.78, 5) is 0. The van der Waals surface area contributed by atoms with Crippen molar-refractivity contribution in [1.29, 1.82) is 0 Å². The summed E-state index contributed by atoms with van der Waals surface area (Å²) in [5.74, 6) is 1.23. The Morgan fingerprint density at radius 2 is 1.95 bits per heavy atom. The number of hydrogen-bond acceptors (Lipinski definition) is 3. The summed E-state index contributed by atoms with van der Waals surface area (Å²) >= 11 is 0. The molecule has 2 rings (SSSR count). The molecule has 2 N–H and O–H groups in total. The number of hydrogen-bond donors (Lipinski definition) is 2. The highest BCUT2D eigenvalue weighted by Gasteiger charge is 1.97. The van der Waals surface area contributed by atoms with Gasteiger partial charge in [0.15, 0.2) is 0 Å². The molecule has 3 nitrogen and oxygen atoms in total. The first-order chi connectivity index (χ1) is 9.25. The standard InChI is InChI=1S/C16H19NO2/c1-13-5-2-3-8-16(13)19-10-9-17-12-14-6-4-7-15(18)11-14/h2-8,11,17-18H,9-10,12H2,1H3. The normalized spacial score (nSPS) is 10.4. The van der Waals surface area contributed by atoms with Gasteiger partial charge in [-0.25, -0.2) is 0 Å². The molecule has 0 amide bonds. The van der Waals surface area contributed by atoms with Crippen LogP contribution in [0, 0.1) is 6.92 Å². The van der Waals surface area contributed by atoms with Crippen LogP contribution in [0.3, 0.4) is 0 Å². The average Bonchev–Trinajstić information content (AvgIpc) is 2.40. The summed E-state index contributed by atoms with van der Waals surface area (Å²) in [7, 11) is 0. The Labute approximate surface area is 113 Å². The van der Waals surface area contributed by atoms with Crippen LogP contribution in [0.5, 0.6) is 11.5 Å². The van der Waals surface area contributed by atoms with Gasteiger partial charge in [-0.2, -0.15) is 0 Å². The topological polar surface area (TPSA) is 41.5 Å². The molecule has 0 aliphatic heterocycles. The maximum absolute atomic E-state index is 9.34. The number of phenolic OH excluding ortho intramolecular Hbond substituents is 1. The number of benzene rings is 2. The van der Waals surface area contributed by atoms with Crippen molar-refractivity contribution in [3.63, 3.8) is 0 Å². The van der Waals surface area contributed by atoms with E-state index < -0.39 is 0 Å². The Morgan fingerprint density at radius 1 is 1.11 bits per heavy atom. The van der Waals surface area contributed by atoms with Crippen LogP contribution in [0.1, 0.15) is 11.1 Å². The first kappa shape index (κ1) is 13.4. The van der Waals surface area contributed by atoms with Gasteiger partial charge in [0.2, 0.25) is 0 Å². The lowest BCUT2D eigenvalue weighted by atomic mass is 10.2. The fraction of sp³-hybridized carbons (Fsp3) is 0.250. The summed E-state index contributed by atoms with van der Waals surface area (Å²) in [6, 6.07) is 15.2. The van der Waals surface area contributed by atoms with E-state index in [4.69, 9.17) is 4.74 Å². The van der Waals surface area contributed by atoms with Crippen LogP contribution in [0.2, 0.25) is 0 Å². The van der Waals surface area contributed by atoms with Crippen molar-refractivity contribution in [2.24, 2.45) is 0 Å². The average molecular weight is 257 g/mol. The van der Waals surface area contributed by atoms with Crippen LogP contribution in [-0.4, -0.2) is 18.3 Å². The fourth-order valence-corrected chi connectivity index (χ4v) is 1.85. The molecular weight excluding hydrogens is 238 g/mol.